The first-order chi connectivity index (χ1) is 7.63. The van der Waals surface area contributed by atoms with Crippen LogP contribution >= 0.6 is 15.9 Å². The molecule has 0 bridgehead atoms. The highest BCUT2D eigenvalue weighted by molar-refractivity contribution is 9.10. The van der Waals surface area contributed by atoms with Crippen LogP contribution in [0.25, 0.3) is 0 Å². The van der Waals surface area contributed by atoms with Crippen LogP contribution in [0.15, 0.2) is 28.7 Å². The lowest BCUT2D eigenvalue weighted by Crippen LogP contribution is -2.30. The lowest BCUT2D eigenvalue weighted by Gasteiger charge is -2.15. The number of halogens is 1. The van der Waals surface area contributed by atoms with E-state index < -0.39 is 0 Å². The van der Waals surface area contributed by atoms with Gasteiger partial charge in [-0.25, -0.2) is 0 Å². The molecule has 0 aromatic heterocycles. The Balaban J connectivity index is 2.56. The summed E-state index contributed by atoms with van der Waals surface area (Å²) >= 11 is 3.47. The standard InChI is InChI=1S/C12H16BrNO2/c1-9(16)14-7-10(8-15)6-11-4-2-3-5-12(11)13/h2-5,10,15H,6-8H2,1H3,(H,14,16). The van der Waals surface area contributed by atoms with Crippen molar-refractivity contribution in [1.29, 1.82) is 0 Å². The molecule has 0 aliphatic carbocycles. The Bertz CT molecular complexity index is 355. The van der Waals surface area contributed by atoms with Crippen molar-refractivity contribution in [1.82, 2.24) is 5.32 Å². The van der Waals surface area contributed by atoms with Crippen molar-refractivity contribution in [2.45, 2.75) is 13.3 Å². The molecule has 0 aliphatic rings. The predicted molar refractivity (Wildman–Crippen MR) is 67.1 cm³/mol. The summed E-state index contributed by atoms with van der Waals surface area (Å²) in [4.78, 5) is 10.8. The van der Waals surface area contributed by atoms with Crippen molar-refractivity contribution in [2.75, 3.05) is 13.2 Å². The van der Waals surface area contributed by atoms with Gasteiger partial charge in [0.1, 0.15) is 0 Å². The Morgan fingerprint density at radius 2 is 2.19 bits per heavy atom. The molecule has 0 saturated heterocycles. The zero-order chi connectivity index (χ0) is 12.0. The van der Waals surface area contributed by atoms with E-state index in [1.807, 2.05) is 24.3 Å². The van der Waals surface area contributed by atoms with Gasteiger partial charge in [0.2, 0.25) is 5.91 Å². The second kappa shape index (κ2) is 6.66. The van der Waals surface area contributed by atoms with Crippen LogP contribution in [0.2, 0.25) is 0 Å². The number of hydrogen-bond donors (Lipinski definition) is 2. The van der Waals surface area contributed by atoms with Gasteiger partial charge in [-0.15, -0.1) is 0 Å². The van der Waals surface area contributed by atoms with Crippen molar-refractivity contribution in [3.8, 4) is 0 Å². The number of carbonyl (C=O) groups excluding carboxylic acids is 1. The number of aliphatic hydroxyl groups excluding tert-OH is 1. The van der Waals surface area contributed by atoms with Crippen LogP contribution in [-0.2, 0) is 11.2 Å². The summed E-state index contributed by atoms with van der Waals surface area (Å²) in [6.45, 7) is 2.06. The minimum absolute atomic E-state index is 0.0580. The number of amides is 1. The molecule has 0 fully saturated rings. The smallest absolute Gasteiger partial charge is 0.216 e. The van der Waals surface area contributed by atoms with E-state index in [9.17, 15) is 9.90 Å². The summed E-state index contributed by atoms with van der Waals surface area (Å²) in [6, 6.07) is 7.91. The molecule has 4 heteroatoms. The minimum atomic E-state index is -0.0643. The van der Waals surface area contributed by atoms with Gasteiger partial charge in [-0.3, -0.25) is 4.79 Å². The van der Waals surface area contributed by atoms with E-state index in [4.69, 9.17) is 0 Å². The fraction of sp³-hybridized carbons (Fsp3) is 0.417. The molecule has 0 heterocycles. The quantitative estimate of drug-likeness (QED) is 0.866. The van der Waals surface area contributed by atoms with E-state index in [0.29, 0.717) is 6.54 Å². The van der Waals surface area contributed by atoms with Crippen LogP contribution in [0.5, 0.6) is 0 Å². The maximum atomic E-state index is 10.8. The lowest BCUT2D eigenvalue weighted by molar-refractivity contribution is -0.119. The average Bonchev–Trinajstić information content (AvgIpc) is 2.26. The molecule has 88 valence electrons. The van der Waals surface area contributed by atoms with Gasteiger partial charge in [0, 0.05) is 30.5 Å². The average molecular weight is 286 g/mol. The number of hydrogen-bond acceptors (Lipinski definition) is 2. The van der Waals surface area contributed by atoms with Crippen molar-refractivity contribution in [2.24, 2.45) is 5.92 Å². The van der Waals surface area contributed by atoms with Gasteiger partial charge in [-0.1, -0.05) is 34.1 Å². The third kappa shape index (κ3) is 4.33. The van der Waals surface area contributed by atoms with E-state index in [0.717, 1.165) is 16.5 Å². The zero-order valence-corrected chi connectivity index (χ0v) is 10.8. The Morgan fingerprint density at radius 3 is 2.75 bits per heavy atom. The minimum Gasteiger partial charge on any atom is -0.396 e. The molecule has 16 heavy (non-hydrogen) atoms. The molecular weight excluding hydrogens is 270 g/mol. The van der Waals surface area contributed by atoms with Gasteiger partial charge in [0.25, 0.3) is 0 Å². The first-order valence-electron chi connectivity index (χ1n) is 5.22. The van der Waals surface area contributed by atoms with E-state index in [1.165, 1.54) is 6.92 Å². The van der Waals surface area contributed by atoms with Crippen LogP contribution in [0.1, 0.15) is 12.5 Å². The topological polar surface area (TPSA) is 49.3 Å². The predicted octanol–water partition coefficient (Wildman–Crippen LogP) is 1.74. The molecule has 1 amide bonds. The normalized spacial score (nSPS) is 12.2. The highest BCUT2D eigenvalue weighted by Gasteiger charge is 2.10. The Kier molecular flexibility index (Phi) is 5.49. The molecule has 1 atom stereocenters. The van der Waals surface area contributed by atoms with E-state index in [-0.39, 0.29) is 18.4 Å². The van der Waals surface area contributed by atoms with Crippen molar-refractivity contribution < 1.29 is 9.90 Å². The number of aliphatic hydroxyl groups is 1. The monoisotopic (exact) mass is 285 g/mol. The van der Waals surface area contributed by atoms with E-state index in [1.54, 1.807) is 0 Å². The molecule has 1 aromatic rings. The fourth-order valence-corrected chi connectivity index (χ4v) is 1.91. The van der Waals surface area contributed by atoms with Gasteiger partial charge in [0.15, 0.2) is 0 Å². The molecule has 3 nitrogen and oxygen atoms in total. The molecule has 1 aromatic carbocycles. The molecule has 2 N–H and O–H groups in total. The summed E-state index contributed by atoms with van der Waals surface area (Å²) in [5.41, 5.74) is 1.15. The highest BCUT2D eigenvalue weighted by atomic mass is 79.9. The third-order valence-electron chi connectivity index (χ3n) is 2.36. The lowest BCUT2D eigenvalue weighted by atomic mass is 10.00. The Hall–Kier alpha value is -0.870. The molecule has 1 rings (SSSR count). The Morgan fingerprint density at radius 1 is 1.50 bits per heavy atom. The molecule has 0 saturated carbocycles. The molecule has 0 aliphatic heterocycles. The van der Waals surface area contributed by atoms with Crippen molar-refractivity contribution in [3.05, 3.63) is 34.3 Å². The number of rotatable bonds is 5. The number of benzene rings is 1. The van der Waals surface area contributed by atoms with Gasteiger partial charge < -0.3 is 10.4 Å². The number of carbonyl (C=O) groups is 1. The van der Waals surface area contributed by atoms with Crippen molar-refractivity contribution in [3.63, 3.8) is 0 Å². The van der Waals surface area contributed by atoms with Gasteiger partial charge in [0.05, 0.1) is 0 Å². The van der Waals surface area contributed by atoms with E-state index >= 15 is 0 Å². The third-order valence-corrected chi connectivity index (χ3v) is 3.14. The summed E-state index contributed by atoms with van der Waals surface area (Å²) in [5.74, 6) is -0.00632. The van der Waals surface area contributed by atoms with Gasteiger partial charge >= 0.3 is 0 Å². The van der Waals surface area contributed by atoms with Crippen LogP contribution in [0, 0.1) is 5.92 Å². The summed E-state index contributed by atoms with van der Waals surface area (Å²) in [7, 11) is 0. The van der Waals surface area contributed by atoms with E-state index in [2.05, 4.69) is 21.2 Å². The Labute approximate surface area is 104 Å². The van der Waals surface area contributed by atoms with Crippen LogP contribution in [-0.4, -0.2) is 24.2 Å². The second-order valence-electron chi connectivity index (χ2n) is 3.78. The van der Waals surface area contributed by atoms with Gasteiger partial charge in [-0.05, 0) is 18.1 Å². The zero-order valence-electron chi connectivity index (χ0n) is 9.24. The maximum absolute atomic E-state index is 10.8. The van der Waals surface area contributed by atoms with Crippen molar-refractivity contribution >= 4 is 21.8 Å². The van der Waals surface area contributed by atoms with Crippen LogP contribution in [0.3, 0.4) is 0 Å². The molecule has 0 radical (unpaired) electrons. The second-order valence-corrected chi connectivity index (χ2v) is 4.64. The van der Waals surface area contributed by atoms with Crippen LogP contribution in [0.4, 0.5) is 0 Å². The molecular formula is C12H16BrNO2. The largest absolute Gasteiger partial charge is 0.396 e. The first-order valence-corrected chi connectivity index (χ1v) is 6.01. The fourth-order valence-electron chi connectivity index (χ4n) is 1.46. The SMILES string of the molecule is CC(=O)NCC(CO)Cc1ccccc1Br. The summed E-state index contributed by atoms with van der Waals surface area (Å²) < 4.78 is 1.04. The summed E-state index contributed by atoms with van der Waals surface area (Å²) in [6.07, 6.45) is 0.748. The van der Waals surface area contributed by atoms with Crippen LogP contribution < -0.4 is 5.32 Å². The molecule has 0 spiro atoms. The summed E-state index contributed by atoms with van der Waals surface area (Å²) in [5, 5.41) is 11.9. The highest BCUT2D eigenvalue weighted by Crippen LogP contribution is 2.19. The first kappa shape index (κ1) is 13.2. The number of nitrogens with one attached hydrogen (secondary N) is 1. The van der Waals surface area contributed by atoms with Gasteiger partial charge in [-0.2, -0.15) is 0 Å². The maximum Gasteiger partial charge on any atom is 0.216 e. The molecule has 1 unspecified atom stereocenters.